The molecule has 1 nitrogen and oxygen atoms in total. The molecule has 0 fully saturated rings. The van der Waals surface area contributed by atoms with Gasteiger partial charge >= 0.3 is 0 Å². The average molecular weight is 369 g/mol. The first kappa shape index (κ1) is 14.5. The van der Waals surface area contributed by atoms with Crippen LogP contribution < -0.4 is 5.73 Å². The summed E-state index contributed by atoms with van der Waals surface area (Å²) in [5, 5.41) is 0. The van der Waals surface area contributed by atoms with Gasteiger partial charge in [-0.15, -0.1) is 0 Å². The predicted octanol–water partition coefficient (Wildman–Crippen LogP) is 3.79. The number of benzene rings is 2. The molecule has 0 heterocycles. The molecule has 100 valence electrons. The zero-order chi connectivity index (χ0) is 13.7. The van der Waals surface area contributed by atoms with Gasteiger partial charge in [0.25, 0.3) is 0 Å². The number of nitrogens with two attached hydrogens (primary N) is 1. The molecule has 0 bridgehead atoms. The van der Waals surface area contributed by atoms with E-state index in [1.807, 2.05) is 12.1 Å². The van der Waals surface area contributed by atoms with E-state index < -0.39 is 0 Å². The number of hydrogen-bond donors (Lipinski definition) is 1. The van der Waals surface area contributed by atoms with Crippen molar-refractivity contribution in [2.75, 3.05) is 6.54 Å². The largest absolute Gasteiger partial charge is 0.330 e. The van der Waals surface area contributed by atoms with Crippen LogP contribution in [-0.2, 0) is 12.8 Å². The zero-order valence-electron chi connectivity index (χ0n) is 10.7. The quantitative estimate of drug-likeness (QED) is 0.798. The van der Waals surface area contributed by atoms with Gasteiger partial charge in [0.15, 0.2) is 0 Å². The van der Waals surface area contributed by atoms with Crippen LogP contribution in [0, 0.1) is 15.3 Å². The molecule has 2 aromatic carbocycles. The lowest BCUT2D eigenvalue weighted by molar-refractivity contribution is 0.512. The van der Waals surface area contributed by atoms with Gasteiger partial charge in [-0.05, 0) is 77.2 Å². The summed E-state index contributed by atoms with van der Waals surface area (Å²) in [6.07, 6.45) is 1.58. The average Bonchev–Trinajstić information content (AvgIpc) is 2.43. The second-order valence-corrected chi connectivity index (χ2v) is 5.97. The zero-order valence-corrected chi connectivity index (χ0v) is 12.8. The van der Waals surface area contributed by atoms with Crippen LogP contribution in [0.1, 0.15) is 11.1 Å². The van der Waals surface area contributed by atoms with Crippen molar-refractivity contribution < 1.29 is 4.39 Å². The van der Waals surface area contributed by atoms with Crippen molar-refractivity contribution in [2.45, 2.75) is 12.8 Å². The van der Waals surface area contributed by atoms with Crippen LogP contribution in [0.5, 0.6) is 0 Å². The van der Waals surface area contributed by atoms with Gasteiger partial charge in [-0.1, -0.05) is 30.3 Å². The van der Waals surface area contributed by atoms with E-state index in [0.717, 1.165) is 12.0 Å². The summed E-state index contributed by atoms with van der Waals surface area (Å²) in [5.74, 6) is 0.139. The molecule has 0 aliphatic carbocycles. The minimum Gasteiger partial charge on any atom is -0.330 e. The highest BCUT2D eigenvalue weighted by molar-refractivity contribution is 14.1. The highest BCUT2D eigenvalue weighted by Crippen LogP contribution is 2.17. The van der Waals surface area contributed by atoms with Gasteiger partial charge in [0, 0.05) is 3.57 Å². The van der Waals surface area contributed by atoms with Crippen molar-refractivity contribution in [3.8, 4) is 0 Å². The fourth-order valence-corrected chi connectivity index (χ4v) is 2.53. The second kappa shape index (κ2) is 7.01. The molecule has 0 aromatic heterocycles. The van der Waals surface area contributed by atoms with Crippen LogP contribution in [0.2, 0.25) is 0 Å². The summed E-state index contributed by atoms with van der Waals surface area (Å²) < 4.78 is 14.9. The van der Waals surface area contributed by atoms with Crippen molar-refractivity contribution in [3.05, 3.63) is 69.0 Å². The van der Waals surface area contributed by atoms with Crippen molar-refractivity contribution in [1.82, 2.24) is 0 Å². The normalized spacial score (nSPS) is 12.4. The monoisotopic (exact) mass is 369 g/mol. The fourth-order valence-electron chi connectivity index (χ4n) is 2.17. The van der Waals surface area contributed by atoms with Crippen molar-refractivity contribution >= 4 is 22.6 Å². The first-order valence-electron chi connectivity index (χ1n) is 6.37. The Morgan fingerprint density at radius 1 is 1.00 bits per heavy atom. The third kappa shape index (κ3) is 4.28. The van der Waals surface area contributed by atoms with Gasteiger partial charge < -0.3 is 5.73 Å². The van der Waals surface area contributed by atoms with Crippen molar-refractivity contribution in [3.63, 3.8) is 0 Å². The number of halogens is 2. The molecule has 0 amide bonds. The molecule has 3 heteroatoms. The summed E-state index contributed by atoms with van der Waals surface area (Å²) >= 11 is 2.29. The van der Waals surface area contributed by atoms with E-state index >= 15 is 0 Å². The van der Waals surface area contributed by atoms with Crippen molar-refractivity contribution in [2.24, 2.45) is 11.7 Å². The highest BCUT2D eigenvalue weighted by atomic mass is 127. The summed E-state index contributed by atoms with van der Waals surface area (Å²) in [6.45, 7) is 0.570. The van der Waals surface area contributed by atoms with Gasteiger partial charge in [-0.2, -0.15) is 0 Å². The predicted molar refractivity (Wildman–Crippen MR) is 85.5 cm³/mol. The van der Waals surface area contributed by atoms with Gasteiger partial charge in [0.1, 0.15) is 5.82 Å². The van der Waals surface area contributed by atoms with Crippen LogP contribution in [0.3, 0.4) is 0 Å². The first-order chi connectivity index (χ1) is 9.19. The summed E-state index contributed by atoms with van der Waals surface area (Å²) in [7, 11) is 0. The third-order valence-corrected chi connectivity index (χ3v) is 3.96. The maximum Gasteiger partial charge on any atom is 0.126 e. The highest BCUT2D eigenvalue weighted by Gasteiger charge is 2.11. The van der Waals surface area contributed by atoms with E-state index in [2.05, 4.69) is 46.9 Å². The first-order valence-corrected chi connectivity index (χ1v) is 7.45. The number of hydrogen-bond acceptors (Lipinski definition) is 1. The smallest absolute Gasteiger partial charge is 0.126 e. The molecule has 1 atom stereocenters. The molecule has 0 saturated carbocycles. The fraction of sp³-hybridized carbons (Fsp3) is 0.250. The second-order valence-electron chi connectivity index (χ2n) is 4.73. The molecule has 0 aliphatic rings. The lowest BCUT2D eigenvalue weighted by atomic mass is 9.92. The Labute approximate surface area is 127 Å². The van der Waals surface area contributed by atoms with E-state index in [9.17, 15) is 4.39 Å². The van der Waals surface area contributed by atoms with Crippen LogP contribution in [0.25, 0.3) is 0 Å². The Kier molecular flexibility index (Phi) is 5.34. The molecule has 0 spiro atoms. The van der Waals surface area contributed by atoms with E-state index in [0.29, 0.717) is 13.0 Å². The topological polar surface area (TPSA) is 26.0 Å². The lowest BCUT2D eigenvalue weighted by Crippen LogP contribution is -2.19. The Bertz CT molecular complexity index is 525. The van der Waals surface area contributed by atoms with E-state index in [1.165, 1.54) is 15.2 Å². The number of rotatable bonds is 5. The van der Waals surface area contributed by atoms with E-state index in [4.69, 9.17) is 5.73 Å². The van der Waals surface area contributed by atoms with Gasteiger partial charge in [0.05, 0.1) is 0 Å². The van der Waals surface area contributed by atoms with Gasteiger partial charge in [-0.25, -0.2) is 4.39 Å². The van der Waals surface area contributed by atoms with Crippen LogP contribution in [0.15, 0.2) is 48.5 Å². The molecular formula is C16H17FIN. The minimum absolute atomic E-state index is 0.136. The summed E-state index contributed by atoms with van der Waals surface area (Å²) in [4.78, 5) is 0. The summed E-state index contributed by atoms with van der Waals surface area (Å²) in [5.41, 5.74) is 7.83. The molecule has 0 radical (unpaired) electrons. The summed E-state index contributed by atoms with van der Waals surface area (Å²) in [6, 6.07) is 15.3. The molecule has 0 aliphatic heterocycles. The Morgan fingerprint density at radius 2 is 1.68 bits per heavy atom. The molecule has 2 aromatic rings. The van der Waals surface area contributed by atoms with E-state index in [-0.39, 0.29) is 11.7 Å². The lowest BCUT2D eigenvalue weighted by Gasteiger charge is -2.15. The van der Waals surface area contributed by atoms with Gasteiger partial charge in [0.2, 0.25) is 0 Å². The molecule has 2 N–H and O–H groups in total. The standard InChI is InChI=1S/C16H17FIN/c17-16-4-2-1-3-14(16)10-13(11-19)9-12-5-7-15(18)8-6-12/h1-8,13H,9-11,19H2. The van der Waals surface area contributed by atoms with Gasteiger partial charge in [-0.3, -0.25) is 0 Å². The molecule has 0 saturated heterocycles. The maximum atomic E-state index is 13.6. The molecule has 1 unspecified atom stereocenters. The maximum absolute atomic E-state index is 13.6. The van der Waals surface area contributed by atoms with E-state index in [1.54, 1.807) is 6.07 Å². The van der Waals surface area contributed by atoms with Crippen LogP contribution in [-0.4, -0.2) is 6.54 Å². The van der Waals surface area contributed by atoms with Crippen molar-refractivity contribution in [1.29, 1.82) is 0 Å². The molecule has 2 rings (SSSR count). The minimum atomic E-state index is -0.136. The molecular weight excluding hydrogens is 352 g/mol. The molecule has 19 heavy (non-hydrogen) atoms. The third-order valence-electron chi connectivity index (χ3n) is 3.24. The van der Waals surface area contributed by atoms with Crippen LogP contribution >= 0.6 is 22.6 Å². The Morgan fingerprint density at radius 3 is 2.32 bits per heavy atom. The SMILES string of the molecule is NCC(Cc1ccc(I)cc1)Cc1ccccc1F. The Balaban J connectivity index is 2.05. The Hall–Kier alpha value is -0.940. The van der Waals surface area contributed by atoms with Crippen LogP contribution in [0.4, 0.5) is 4.39 Å².